The third-order valence-electron chi connectivity index (χ3n) is 3.05. The lowest BCUT2D eigenvalue weighted by Gasteiger charge is -2.13. The largest absolute Gasteiger partial charge is 0.326 e. The fraction of sp³-hybridized carbons (Fsp3) is 0.176. The van der Waals surface area contributed by atoms with Crippen molar-refractivity contribution < 1.29 is 14.0 Å². The Hall–Kier alpha value is -2.05. The number of amides is 2. The van der Waals surface area contributed by atoms with E-state index >= 15 is 0 Å². The zero-order valence-corrected chi connectivity index (χ0v) is 14.7. The Kier molecular flexibility index (Phi) is 6.23. The molecule has 2 rings (SSSR count). The number of hydrogen-bond acceptors (Lipinski definition) is 3. The van der Waals surface area contributed by atoms with Crippen LogP contribution in [0.5, 0.6) is 0 Å². The summed E-state index contributed by atoms with van der Waals surface area (Å²) in [5.41, 5.74) is 0.782. The first-order valence-electron chi connectivity index (χ1n) is 7.15. The maximum Gasteiger partial charge on any atom is 0.237 e. The van der Waals surface area contributed by atoms with Gasteiger partial charge in [-0.3, -0.25) is 9.59 Å². The average Bonchev–Trinajstić information content (AvgIpc) is 2.51. The van der Waals surface area contributed by atoms with Gasteiger partial charge >= 0.3 is 0 Å². The molecule has 0 fully saturated rings. The molecular weight excluding hydrogens is 351 g/mol. The summed E-state index contributed by atoms with van der Waals surface area (Å²) in [6.07, 6.45) is 0. The van der Waals surface area contributed by atoms with Crippen LogP contribution in [0.3, 0.4) is 0 Å². The highest BCUT2D eigenvalue weighted by molar-refractivity contribution is 8.00. The Morgan fingerprint density at radius 1 is 1.12 bits per heavy atom. The van der Waals surface area contributed by atoms with Crippen LogP contribution in [-0.2, 0) is 9.59 Å². The molecule has 0 radical (unpaired) electrons. The van der Waals surface area contributed by atoms with Gasteiger partial charge in [0.2, 0.25) is 11.8 Å². The molecule has 0 saturated heterocycles. The molecule has 2 amide bonds. The van der Waals surface area contributed by atoms with E-state index in [-0.39, 0.29) is 22.5 Å². The van der Waals surface area contributed by atoms with Crippen LogP contribution >= 0.6 is 23.4 Å². The first-order chi connectivity index (χ1) is 11.3. The van der Waals surface area contributed by atoms with Gasteiger partial charge in [0.15, 0.2) is 0 Å². The fourth-order valence-electron chi connectivity index (χ4n) is 1.90. The van der Waals surface area contributed by atoms with Gasteiger partial charge in [-0.25, -0.2) is 4.39 Å². The van der Waals surface area contributed by atoms with Crippen molar-refractivity contribution >= 4 is 46.6 Å². The van der Waals surface area contributed by atoms with Gasteiger partial charge < -0.3 is 10.6 Å². The van der Waals surface area contributed by atoms with E-state index in [4.69, 9.17) is 11.6 Å². The SMILES string of the molecule is CC(=O)Nc1ccc(SC(C)C(=O)Nc2ccc(Cl)cc2F)cc1. The van der Waals surface area contributed by atoms with E-state index in [1.165, 1.54) is 30.8 Å². The molecule has 0 aliphatic rings. The maximum atomic E-state index is 13.7. The second-order valence-electron chi connectivity index (χ2n) is 5.08. The smallest absolute Gasteiger partial charge is 0.237 e. The number of hydrogen-bond donors (Lipinski definition) is 2. The van der Waals surface area contributed by atoms with Gasteiger partial charge in [-0.1, -0.05) is 11.6 Å². The summed E-state index contributed by atoms with van der Waals surface area (Å²) in [6.45, 7) is 3.17. The van der Waals surface area contributed by atoms with E-state index < -0.39 is 11.1 Å². The molecule has 7 heteroatoms. The highest BCUT2D eigenvalue weighted by Gasteiger charge is 2.16. The molecule has 4 nitrogen and oxygen atoms in total. The molecule has 0 saturated carbocycles. The number of anilines is 2. The molecule has 1 atom stereocenters. The molecule has 126 valence electrons. The molecule has 0 aromatic heterocycles. The summed E-state index contributed by atoms with van der Waals surface area (Å²) >= 11 is 7.02. The second-order valence-corrected chi connectivity index (χ2v) is 6.93. The standard InChI is InChI=1S/C17H16ClFN2O2S/c1-10(17(23)21-16-8-3-12(18)9-15(16)19)24-14-6-4-13(5-7-14)20-11(2)22/h3-10H,1-2H3,(H,20,22)(H,21,23). The normalized spacial score (nSPS) is 11.7. The molecule has 0 heterocycles. The van der Waals surface area contributed by atoms with Crippen molar-refractivity contribution in [2.24, 2.45) is 0 Å². The van der Waals surface area contributed by atoms with E-state index in [9.17, 15) is 14.0 Å². The van der Waals surface area contributed by atoms with Crippen LogP contribution in [0.15, 0.2) is 47.4 Å². The molecular formula is C17H16ClFN2O2S. The van der Waals surface area contributed by atoms with Crippen molar-refractivity contribution in [3.63, 3.8) is 0 Å². The number of carbonyl (C=O) groups is 2. The van der Waals surface area contributed by atoms with Crippen molar-refractivity contribution in [1.29, 1.82) is 0 Å². The van der Waals surface area contributed by atoms with Crippen molar-refractivity contribution in [2.75, 3.05) is 10.6 Å². The summed E-state index contributed by atoms with van der Waals surface area (Å²) in [5, 5.41) is 5.06. The number of halogens is 2. The lowest BCUT2D eigenvalue weighted by atomic mass is 10.3. The molecule has 24 heavy (non-hydrogen) atoms. The third kappa shape index (κ3) is 5.25. The third-order valence-corrected chi connectivity index (χ3v) is 4.39. The van der Waals surface area contributed by atoms with Crippen molar-refractivity contribution in [2.45, 2.75) is 24.0 Å². The number of nitrogens with one attached hydrogen (secondary N) is 2. The van der Waals surface area contributed by atoms with Crippen LogP contribution < -0.4 is 10.6 Å². The molecule has 2 aromatic rings. The highest BCUT2D eigenvalue weighted by Crippen LogP contribution is 2.26. The predicted octanol–water partition coefficient (Wildman–Crippen LogP) is 4.56. The van der Waals surface area contributed by atoms with Gasteiger partial charge in [-0.05, 0) is 49.4 Å². The van der Waals surface area contributed by atoms with E-state index in [1.807, 2.05) is 12.1 Å². The minimum Gasteiger partial charge on any atom is -0.326 e. The molecule has 2 aromatic carbocycles. The van der Waals surface area contributed by atoms with Crippen molar-refractivity contribution in [1.82, 2.24) is 0 Å². The van der Waals surface area contributed by atoms with Crippen LogP contribution in [0.1, 0.15) is 13.8 Å². The van der Waals surface area contributed by atoms with E-state index in [1.54, 1.807) is 19.1 Å². The highest BCUT2D eigenvalue weighted by atomic mass is 35.5. The van der Waals surface area contributed by atoms with Crippen LogP contribution in [0, 0.1) is 5.82 Å². The molecule has 0 aliphatic carbocycles. The molecule has 1 unspecified atom stereocenters. The number of rotatable bonds is 5. The van der Waals surface area contributed by atoms with Gasteiger partial charge in [0, 0.05) is 22.5 Å². The van der Waals surface area contributed by atoms with Gasteiger partial charge in [0.05, 0.1) is 10.9 Å². The summed E-state index contributed by atoms with van der Waals surface area (Å²) in [5.74, 6) is -1.03. The number of thioether (sulfide) groups is 1. The van der Waals surface area contributed by atoms with Crippen LogP contribution in [-0.4, -0.2) is 17.1 Å². The predicted molar refractivity (Wildman–Crippen MR) is 96.1 cm³/mol. The monoisotopic (exact) mass is 366 g/mol. The summed E-state index contributed by atoms with van der Waals surface area (Å²) in [4.78, 5) is 24.0. The Morgan fingerprint density at radius 2 is 1.79 bits per heavy atom. The van der Waals surface area contributed by atoms with Crippen molar-refractivity contribution in [3.05, 3.63) is 53.3 Å². The zero-order valence-electron chi connectivity index (χ0n) is 13.1. The van der Waals surface area contributed by atoms with E-state index in [2.05, 4.69) is 10.6 Å². The van der Waals surface area contributed by atoms with Crippen LogP contribution in [0.4, 0.5) is 15.8 Å². The minimum absolute atomic E-state index is 0.0952. The Bertz CT molecular complexity index is 753. The second kappa shape index (κ2) is 8.17. The van der Waals surface area contributed by atoms with Gasteiger partial charge in [0.1, 0.15) is 5.82 Å². The Labute approximate surface area is 148 Å². The maximum absolute atomic E-state index is 13.7. The van der Waals surface area contributed by atoms with Crippen molar-refractivity contribution in [3.8, 4) is 0 Å². The summed E-state index contributed by atoms with van der Waals surface area (Å²) in [6, 6.07) is 11.2. The topological polar surface area (TPSA) is 58.2 Å². The van der Waals surface area contributed by atoms with Crippen LogP contribution in [0.25, 0.3) is 0 Å². The first kappa shape index (κ1) is 18.3. The van der Waals surface area contributed by atoms with Gasteiger partial charge in [-0.2, -0.15) is 0 Å². The lowest BCUT2D eigenvalue weighted by molar-refractivity contribution is -0.115. The molecule has 0 aliphatic heterocycles. The van der Waals surface area contributed by atoms with Gasteiger partial charge in [-0.15, -0.1) is 11.8 Å². The Balaban J connectivity index is 1.97. The quantitative estimate of drug-likeness (QED) is 0.763. The number of benzene rings is 2. The molecule has 0 spiro atoms. The lowest BCUT2D eigenvalue weighted by Crippen LogP contribution is -2.22. The van der Waals surface area contributed by atoms with E-state index in [0.29, 0.717) is 5.69 Å². The zero-order chi connectivity index (χ0) is 17.7. The summed E-state index contributed by atoms with van der Waals surface area (Å²) < 4.78 is 13.7. The molecule has 0 bridgehead atoms. The van der Waals surface area contributed by atoms with Crippen LogP contribution in [0.2, 0.25) is 5.02 Å². The first-order valence-corrected chi connectivity index (χ1v) is 8.41. The Morgan fingerprint density at radius 3 is 2.38 bits per heavy atom. The number of carbonyl (C=O) groups excluding carboxylic acids is 2. The van der Waals surface area contributed by atoms with E-state index in [0.717, 1.165) is 11.0 Å². The minimum atomic E-state index is -0.576. The molecule has 2 N–H and O–H groups in total. The average molecular weight is 367 g/mol. The fourth-order valence-corrected chi connectivity index (χ4v) is 2.93. The summed E-state index contributed by atoms with van der Waals surface area (Å²) in [7, 11) is 0. The van der Waals surface area contributed by atoms with Gasteiger partial charge in [0.25, 0.3) is 0 Å².